The number of carbonyl (C=O) groups excluding carboxylic acids is 1. The van der Waals surface area contributed by atoms with Crippen molar-refractivity contribution in [2.45, 2.75) is 12.8 Å². The van der Waals surface area contributed by atoms with Crippen LogP contribution in [0.2, 0.25) is 0 Å². The molecule has 0 heterocycles. The van der Waals surface area contributed by atoms with Crippen LogP contribution in [0.5, 0.6) is 0 Å². The van der Waals surface area contributed by atoms with Crippen molar-refractivity contribution < 1.29 is 18.3 Å². The van der Waals surface area contributed by atoms with E-state index in [0.717, 1.165) is 12.1 Å². The molecule has 0 saturated carbocycles. The van der Waals surface area contributed by atoms with Crippen LogP contribution in [0.1, 0.15) is 18.4 Å². The highest BCUT2D eigenvalue weighted by molar-refractivity contribution is 5.78. The van der Waals surface area contributed by atoms with Crippen LogP contribution in [-0.4, -0.2) is 19.1 Å². The maximum atomic E-state index is 13.4. The predicted octanol–water partition coefficient (Wildman–Crippen LogP) is 1.57. The van der Waals surface area contributed by atoms with E-state index in [1.165, 1.54) is 6.07 Å². The number of carbonyl (C=O) groups is 1. The molecule has 1 rings (SSSR count). The summed E-state index contributed by atoms with van der Waals surface area (Å²) in [5.41, 5.74) is 5.01. The molecule has 0 spiro atoms. The average molecular weight is 229 g/mol. The predicted molar refractivity (Wildman–Crippen MR) is 54.8 cm³/mol. The van der Waals surface area contributed by atoms with Gasteiger partial charge < -0.3 is 10.5 Å². The van der Waals surface area contributed by atoms with Gasteiger partial charge in [-0.2, -0.15) is 0 Å². The van der Waals surface area contributed by atoms with Gasteiger partial charge in [-0.1, -0.05) is 6.07 Å². The molecule has 1 aromatic carbocycles. The van der Waals surface area contributed by atoms with E-state index in [1.54, 1.807) is 6.92 Å². The number of esters is 1. The summed E-state index contributed by atoms with van der Waals surface area (Å²) in [6.45, 7) is 1.56. The molecule has 0 bridgehead atoms. The fourth-order valence-electron chi connectivity index (χ4n) is 1.42. The maximum Gasteiger partial charge on any atom is 0.314 e. The molecule has 0 aromatic heterocycles. The number of halogens is 2. The van der Waals surface area contributed by atoms with E-state index in [2.05, 4.69) is 0 Å². The van der Waals surface area contributed by atoms with E-state index in [0.29, 0.717) is 0 Å². The number of benzene rings is 1. The van der Waals surface area contributed by atoms with Crippen molar-refractivity contribution in [2.24, 2.45) is 5.73 Å². The molecule has 88 valence electrons. The van der Waals surface area contributed by atoms with E-state index in [9.17, 15) is 13.6 Å². The van der Waals surface area contributed by atoms with Gasteiger partial charge in [0.15, 0.2) is 0 Å². The highest BCUT2D eigenvalue weighted by atomic mass is 19.1. The van der Waals surface area contributed by atoms with Crippen molar-refractivity contribution >= 4 is 5.97 Å². The number of hydrogen-bond acceptors (Lipinski definition) is 3. The maximum absolute atomic E-state index is 13.4. The summed E-state index contributed by atoms with van der Waals surface area (Å²) in [5, 5.41) is 0. The molecule has 0 radical (unpaired) electrons. The summed E-state index contributed by atoms with van der Waals surface area (Å²) in [6.07, 6.45) is 0. The molecular weight excluding hydrogens is 216 g/mol. The lowest BCUT2D eigenvalue weighted by Gasteiger charge is -2.15. The Balaban J connectivity index is 3.08. The van der Waals surface area contributed by atoms with Crippen LogP contribution in [0.15, 0.2) is 18.2 Å². The Labute approximate surface area is 92.2 Å². The van der Waals surface area contributed by atoms with Gasteiger partial charge in [0.2, 0.25) is 0 Å². The van der Waals surface area contributed by atoms with Gasteiger partial charge in [-0.05, 0) is 19.1 Å². The molecule has 0 aliphatic heterocycles. The normalized spacial score (nSPS) is 12.2. The van der Waals surface area contributed by atoms with Gasteiger partial charge in [0.1, 0.15) is 11.6 Å². The third-order valence-corrected chi connectivity index (χ3v) is 2.15. The number of hydrogen-bond donors (Lipinski definition) is 1. The Morgan fingerprint density at radius 3 is 2.44 bits per heavy atom. The second-order valence-electron chi connectivity index (χ2n) is 3.18. The molecule has 0 saturated heterocycles. The molecule has 3 nitrogen and oxygen atoms in total. The van der Waals surface area contributed by atoms with Gasteiger partial charge in [-0.3, -0.25) is 4.79 Å². The summed E-state index contributed by atoms with van der Waals surface area (Å²) >= 11 is 0. The van der Waals surface area contributed by atoms with Crippen LogP contribution in [-0.2, 0) is 9.53 Å². The smallest absolute Gasteiger partial charge is 0.314 e. The van der Waals surface area contributed by atoms with Crippen molar-refractivity contribution in [2.75, 3.05) is 13.2 Å². The first kappa shape index (κ1) is 12.6. The zero-order valence-corrected chi connectivity index (χ0v) is 8.87. The Morgan fingerprint density at radius 1 is 1.44 bits per heavy atom. The molecule has 0 aliphatic carbocycles. The van der Waals surface area contributed by atoms with E-state index < -0.39 is 23.5 Å². The zero-order chi connectivity index (χ0) is 12.1. The Hall–Kier alpha value is -1.49. The van der Waals surface area contributed by atoms with Gasteiger partial charge in [0.05, 0.1) is 12.5 Å². The zero-order valence-electron chi connectivity index (χ0n) is 8.87. The molecule has 16 heavy (non-hydrogen) atoms. The molecule has 1 unspecified atom stereocenters. The van der Waals surface area contributed by atoms with Gasteiger partial charge in [-0.15, -0.1) is 0 Å². The van der Waals surface area contributed by atoms with Gasteiger partial charge in [0.25, 0.3) is 0 Å². The first-order chi connectivity index (χ1) is 7.61. The van der Waals surface area contributed by atoms with Gasteiger partial charge >= 0.3 is 5.97 Å². The highest BCUT2D eigenvalue weighted by Gasteiger charge is 2.26. The Morgan fingerprint density at radius 2 is 2.00 bits per heavy atom. The molecule has 1 aromatic rings. The van der Waals surface area contributed by atoms with E-state index >= 15 is 0 Å². The van der Waals surface area contributed by atoms with Crippen LogP contribution >= 0.6 is 0 Å². The van der Waals surface area contributed by atoms with Gasteiger partial charge in [-0.25, -0.2) is 8.78 Å². The number of nitrogens with two attached hydrogens (primary N) is 1. The van der Waals surface area contributed by atoms with Crippen molar-refractivity contribution in [1.82, 2.24) is 0 Å². The summed E-state index contributed by atoms with van der Waals surface area (Å²) < 4.78 is 31.5. The fraction of sp³-hybridized carbons (Fsp3) is 0.364. The molecule has 0 amide bonds. The van der Waals surface area contributed by atoms with E-state index in [-0.39, 0.29) is 18.7 Å². The quantitative estimate of drug-likeness (QED) is 0.797. The molecule has 1 atom stereocenters. The van der Waals surface area contributed by atoms with E-state index in [4.69, 9.17) is 10.5 Å². The standard InChI is InChI=1S/C11H13F2NO2/c1-2-16-11(15)7(6-14)10-8(12)4-3-5-9(10)13/h3-5,7H,2,6,14H2,1H3. The van der Waals surface area contributed by atoms with Crippen LogP contribution in [0.25, 0.3) is 0 Å². The van der Waals surface area contributed by atoms with Crippen molar-refractivity contribution in [1.29, 1.82) is 0 Å². The second kappa shape index (κ2) is 5.55. The third kappa shape index (κ3) is 2.55. The highest BCUT2D eigenvalue weighted by Crippen LogP contribution is 2.23. The molecular formula is C11H13F2NO2. The van der Waals surface area contributed by atoms with Crippen LogP contribution in [0.4, 0.5) is 8.78 Å². The lowest BCUT2D eigenvalue weighted by molar-refractivity contribution is -0.144. The summed E-state index contributed by atoms with van der Waals surface area (Å²) in [6, 6.07) is 3.40. The average Bonchev–Trinajstić information content (AvgIpc) is 2.24. The van der Waals surface area contributed by atoms with E-state index in [1.807, 2.05) is 0 Å². The minimum absolute atomic E-state index is 0.144. The van der Waals surface area contributed by atoms with Crippen molar-refractivity contribution in [3.8, 4) is 0 Å². The minimum atomic E-state index is -1.10. The first-order valence-corrected chi connectivity index (χ1v) is 4.92. The number of ether oxygens (including phenoxy) is 1. The van der Waals surface area contributed by atoms with Gasteiger partial charge in [0, 0.05) is 12.1 Å². The van der Waals surface area contributed by atoms with Crippen LogP contribution in [0, 0.1) is 11.6 Å². The second-order valence-corrected chi connectivity index (χ2v) is 3.18. The lowest BCUT2D eigenvalue weighted by Crippen LogP contribution is -2.25. The molecule has 2 N–H and O–H groups in total. The third-order valence-electron chi connectivity index (χ3n) is 2.15. The first-order valence-electron chi connectivity index (χ1n) is 4.92. The summed E-state index contributed by atoms with van der Waals surface area (Å²) in [7, 11) is 0. The summed E-state index contributed by atoms with van der Waals surface area (Å²) in [5.74, 6) is -3.39. The Bertz CT molecular complexity index is 362. The minimum Gasteiger partial charge on any atom is -0.465 e. The monoisotopic (exact) mass is 229 g/mol. The molecule has 5 heteroatoms. The largest absolute Gasteiger partial charge is 0.465 e. The van der Waals surface area contributed by atoms with Crippen molar-refractivity contribution in [3.63, 3.8) is 0 Å². The molecule has 0 fully saturated rings. The lowest BCUT2D eigenvalue weighted by atomic mass is 9.98. The van der Waals surface area contributed by atoms with Crippen molar-refractivity contribution in [3.05, 3.63) is 35.4 Å². The Kier molecular flexibility index (Phi) is 4.37. The SMILES string of the molecule is CCOC(=O)C(CN)c1c(F)cccc1F. The summed E-state index contributed by atoms with van der Waals surface area (Å²) in [4.78, 5) is 11.4. The molecule has 0 aliphatic rings. The van der Waals surface area contributed by atoms with Crippen LogP contribution < -0.4 is 5.73 Å². The van der Waals surface area contributed by atoms with Crippen LogP contribution in [0.3, 0.4) is 0 Å². The fourth-order valence-corrected chi connectivity index (χ4v) is 1.42. The topological polar surface area (TPSA) is 52.3 Å². The number of rotatable bonds is 4.